The highest BCUT2D eigenvalue weighted by Crippen LogP contribution is 2.34. The fraction of sp³-hybridized carbons (Fsp3) is 0.400. The van der Waals surface area contributed by atoms with Gasteiger partial charge in [-0.3, -0.25) is 4.79 Å². The summed E-state index contributed by atoms with van der Waals surface area (Å²) in [5, 5.41) is 2.91. The zero-order chi connectivity index (χ0) is 22.1. The maximum Gasteiger partial charge on any atom is 0.243 e. The SMILES string of the molecule is COc1ccc(C2CCN(CCCNC(=O)/C=C/c3ccc(F)cc3)CC2)cc1OC. The number of carbonyl (C=O) groups excluding carboxylic acids is 1. The van der Waals surface area contributed by atoms with Gasteiger partial charge in [0.25, 0.3) is 0 Å². The Kier molecular flexibility index (Phi) is 8.47. The number of likely N-dealkylation sites (tertiary alicyclic amines) is 1. The summed E-state index contributed by atoms with van der Waals surface area (Å²) in [6.45, 7) is 3.72. The van der Waals surface area contributed by atoms with Crippen molar-refractivity contribution < 1.29 is 18.7 Å². The number of nitrogens with zero attached hydrogens (tertiary/aromatic N) is 1. The summed E-state index contributed by atoms with van der Waals surface area (Å²) in [4.78, 5) is 14.4. The molecule has 1 N–H and O–H groups in total. The Morgan fingerprint density at radius 1 is 1.10 bits per heavy atom. The van der Waals surface area contributed by atoms with E-state index in [2.05, 4.69) is 22.3 Å². The van der Waals surface area contributed by atoms with Crippen LogP contribution in [0.1, 0.15) is 36.3 Å². The zero-order valence-corrected chi connectivity index (χ0v) is 18.3. The Morgan fingerprint density at radius 2 is 1.81 bits per heavy atom. The Bertz CT molecular complexity index is 875. The number of halogens is 1. The molecule has 1 aliphatic heterocycles. The summed E-state index contributed by atoms with van der Waals surface area (Å²) in [6.07, 6.45) is 6.32. The molecule has 5 nitrogen and oxygen atoms in total. The maximum atomic E-state index is 12.9. The van der Waals surface area contributed by atoms with Gasteiger partial charge in [0, 0.05) is 12.6 Å². The minimum atomic E-state index is -0.283. The largest absolute Gasteiger partial charge is 0.493 e. The highest BCUT2D eigenvalue weighted by molar-refractivity contribution is 5.91. The Morgan fingerprint density at radius 3 is 2.48 bits per heavy atom. The van der Waals surface area contributed by atoms with Crippen molar-refractivity contribution in [3.05, 3.63) is 65.5 Å². The first-order chi connectivity index (χ1) is 15.1. The van der Waals surface area contributed by atoms with Crippen molar-refractivity contribution in [1.82, 2.24) is 10.2 Å². The van der Waals surface area contributed by atoms with E-state index in [4.69, 9.17) is 9.47 Å². The molecule has 0 unspecified atom stereocenters. The first-order valence-electron chi connectivity index (χ1n) is 10.7. The molecule has 2 aromatic carbocycles. The lowest BCUT2D eigenvalue weighted by Gasteiger charge is -2.32. The van der Waals surface area contributed by atoms with Crippen LogP contribution in [-0.2, 0) is 4.79 Å². The van der Waals surface area contributed by atoms with Crippen molar-refractivity contribution in [2.24, 2.45) is 0 Å². The van der Waals surface area contributed by atoms with E-state index < -0.39 is 0 Å². The molecule has 0 atom stereocenters. The molecule has 0 aromatic heterocycles. The fourth-order valence-corrected chi connectivity index (χ4v) is 3.92. The minimum absolute atomic E-state index is 0.128. The third kappa shape index (κ3) is 6.82. The standard InChI is InChI=1S/C25H31FN2O3/c1-30-23-10-7-21(18-24(23)31-2)20-12-16-28(17-13-20)15-3-14-27-25(29)11-6-19-4-8-22(26)9-5-19/h4-11,18,20H,3,12-17H2,1-2H3,(H,27,29)/b11-6+. The van der Waals surface area contributed by atoms with Gasteiger partial charge in [0.05, 0.1) is 14.2 Å². The van der Waals surface area contributed by atoms with Crippen LogP contribution in [0, 0.1) is 5.82 Å². The summed E-state index contributed by atoms with van der Waals surface area (Å²) in [5.41, 5.74) is 2.10. The third-order valence-electron chi connectivity index (χ3n) is 5.71. The first kappa shape index (κ1) is 22.8. The van der Waals surface area contributed by atoms with Crippen molar-refractivity contribution >= 4 is 12.0 Å². The van der Waals surface area contributed by atoms with Crippen LogP contribution in [0.2, 0.25) is 0 Å². The third-order valence-corrected chi connectivity index (χ3v) is 5.71. The predicted molar refractivity (Wildman–Crippen MR) is 121 cm³/mol. The monoisotopic (exact) mass is 426 g/mol. The summed E-state index contributed by atoms with van der Waals surface area (Å²) < 4.78 is 23.7. The molecule has 1 saturated heterocycles. The minimum Gasteiger partial charge on any atom is -0.493 e. The molecule has 0 radical (unpaired) electrons. The summed E-state index contributed by atoms with van der Waals surface area (Å²) >= 11 is 0. The van der Waals surface area contributed by atoms with Gasteiger partial charge in [-0.05, 0) is 86.3 Å². The molecule has 1 aliphatic rings. The van der Waals surface area contributed by atoms with Gasteiger partial charge in [0.15, 0.2) is 11.5 Å². The average molecular weight is 427 g/mol. The maximum absolute atomic E-state index is 12.9. The average Bonchev–Trinajstić information content (AvgIpc) is 2.81. The van der Waals surface area contributed by atoms with E-state index in [0.29, 0.717) is 12.5 Å². The molecule has 1 heterocycles. The number of nitrogens with one attached hydrogen (secondary N) is 1. The Hall–Kier alpha value is -2.86. The van der Waals surface area contributed by atoms with E-state index in [1.165, 1.54) is 23.8 Å². The van der Waals surface area contributed by atoms with Gasteiger partial charge in [0.2, 0.25) is 5.91 Å². The predicted octanol–water partition coefficient (Wildman–Crippen LogP) is 4.24. The van der Waals surface area contributed by atoms with Gasteiger partial charge >= 0.3 is 0 Å². The van der Waals surface area contributed by atoms with Gasteiger partial charge in [-0.2, -0.15) is 0 Å². The number of rotatable bonds is 9. The Balaban J connectivity index is 1.35. The van der Waals surface area contributed by atoms with Crippen LogP contribution in [0.15, 0.2) is 48.5 Å². The lowest BCUT2D eigenvalue weighted by molar-refractivity contribution is -0.116. The molecular formula is C25H31FN2O3. The number of carbonyl (C=O) groups is 1. The lowest BCUT2D eigenvalue weighted by atomic mass is 9.89. The van der Waals surface area contributed by atoms with Gasteiger partial charge in [-0.15, -0.1) is 0 Å². The van der Waals surface area contributed by atoms with Crippen LogP contribution in [0.4, 0.5) is 4.39 Å². The molecule has 1 fully saturated rings. The van der Waals surface area contributed by atoms with E-state index >= 15 is 0 Å². The van der Waals surface area contributed by atoms with Crippen LogP contribution < -0.4 is 14.8 Å². The van der Waals surface area contributed by atoms with Crippen LogP contribution in [0.3, 0.4) is 0 Å². The van der Waals surface area contributed by atoms with Gasteiger partial charge in [0.1, 0.15) is 5.82 Å². The van der Waals surface area contributed by atoms with Crippen molar-refractivity contribution in [2.45, 2.75) is 25.2 Å². The lowest BCUT2D eigenvalue weighted by Crippen LogP contribution is -2.35. The summed E-state index contributed by atoms with van der Waals surface area (Å²) in [7, 11) is 3.32. The second-order valence-corrected chi connectivity index (χ2v) is 7.76. The second kappa shape index (κ2) is 11.5. The summed E-state index contributed by atoms with van der Waals surface area (Å²) in [6, 6.07) is 12.3. The van der Waals surface area contributed by atoms with Crippen molar-refractivity contribution in [3.8, 4) is 11.5 Å². The van der Waals surface area contributed by atoms with Crippen LogP contribution in [0.25, 0.3) is 6.08 Å². The van der Waals surface area contributed by atoms with Crippen LogP contribution in [0.5, 0.6) is 11.5 Å². The molecule has 6 heteroatoms. The topological polar surface area (TPSA) is 50.8 Å². The molecule has 0 spiro atoms. The normalized spacial score (nSPS) is 15.2. The highest BCUT2D eigenvalue weighted by Gasteiger charge is 2.21. The number of benzene rings is 2. The van der Waals surface area contributed by atoms with Gasteiger partial charge in [-0.1, -0.05) is 18.2 Å². The number of hydrogen-bond acceptors (Lipinski definition) is 4. The molecule has 0 bridgehead atoms. The molecule has 2 aromatic rings. The van der Waals surface area contributed by atoms with E-state index in [1.54, 1.807) is 32.4 Å². The van der Waals surface area contributed by atoms with Gasteiger partial charge in [-0.25, -0.2) is 4.39 Å². The number of amides is 1. The summed E-state index contributed by atoms with van der Waals surface area (Å²) in [5.74, 6) is 1.67. The number of ether oxygens (including phenoxy) is 2. The number of piperidine rings is 1. The molecule has 166 valence electrons. The van der Waals surface area contributed by atoms with E-state index in [1.807, 2.05) is 6.07 Å². The first-order valence-corrected chi connectivity index (χ1v) is 10.7. The molecule has 0 saturated carbocycles. The molecule has 3 rings (SSSR count). The Labute approximate surface area is 183 Å². The van der Waals surface area contributed by atoms with E-state index in [9.17, 15) is 9.18 Å². The van der Waals surface area contributed by atoms with Gasteiger partial charge < -0.3 is 19.7 Å². The molecular weight excluding hydrogens is 395 g/mol. The quantitative estimate of drug-likeness (QED) is 0.481. The van der Waals surface area contributed by atoms with E-state index in [0.717, 1.165) is 56.0 Å². The molecule has 31 heavy (non-hydrogen) atoms. The van der Waals surface area contributed by atoms with E-state index in [-0.39, 0.29) is 11.7 Å². The van der Waals surface area contributed by atoms with Crippen molar-refractivity contribution in [2.75, 3.05) is 40.4 Å². The smallest absolute Gasteiger partial charge is 0.243 e. The second-order valence-electron chi connectivity index (χ2n) is 7.76. The van der Waals surface area contributed by atoms with Crippen LogP contribution >= 0.6 is 0 Å². The van der Waals surface area contributed by atoms with Crippen molar-refractivity contribution in [3.63, 3.8) is 0 Å². The zero-order valence-electron chi connectivity index (χ0n) is 18.3. The molecule has 0 aliphatic carbocycles. The fourth-order valence-electron chi connectivity index (χ4n) is 3.92. The van der Waals surface area contributed by atoms with Crippen LogP contribution in [-0.4, -0.2) is 51.2 Å². The number of methoxy groups -OCH3 is 2. The highest BCUT2D eigenvalue weighted by atomic mass is 19.1. The van der Waals surface area contributed by atoms with Crippen molar-refractivity contribution in [1.29, 1.82) is 0 Å². The molecule has 1 amide bonds. The number of hydrogen-bond donors (Lipinski definition) is 1.